The van der Waals surface area contributed by atoms with E-state index in [0.717, 1.165) is 23.3 Å². The number of likely N-dealkylation sites (tertiary alicyclic amines) is 2. The van der Waals surface area contributed by atoms with Crippen molar-refractivity contribution >= 4 is 56.1 Å². The van der Waals surface area contributed by atoms with E-state index in [9.17, 15) is 19.8 Å². The summed E-state index contributed by atoms with van der Waals surface area (Å²) in [6.07, 6.45) is 1.57. The van der Waals surface area contributed by atoms with E-state index >= 15 is 8.78 Å². The molecule has 8 rings (SSSR count). The summed E-state index contributed by atoms with van der Waals surface area (Å²) in [7, 11) is -2.81. The highest BCUT2D eigenvalue weighted by atomic mass is 28.3. The molecule has 67 heavy (non-hydrogen) atoms. The van der Waals surface area contributed by atoms with Crippen LogP contribution in [-0.4, -0.2) is 93.8 Å². The normalized spacial score (nSPS) is 20.6. The second-order valence-electron chi connectivity index (χ2n) is 22.3. The monoisotopic (exact) mass is 957 g/mol. The highest BCUT2D eigenvalue weighted by Crippen LogP contribution is 2.50. The molecule has 3 saturated heterocycles. The largest absolute Gasteiger partial charge is 0.465 e. The Labute approximate surface area is 395 Å². The molecule has 5 aromatic rings. The van der Waals surface area contributed by atoms with Crippen LogP contribution in [0.25, 0.3) is 22.1 Å². The van der Waals surface area contributed by atoms with Gasteiger partial charge >= 0.3 is 12.2 Å². The molecule has 3 aliphatic rings. The van der Waals surface area contributed by atoms with Crippen LogP contribution in [0.5, 0.6) is 0 Å². The summed E-state index contributed by atoms with van der Waals surface area (Å²) in [6, 6.07) is 14.7. The standard InChI is InChI=1S/C50H69F2N7O6Si2/c1-50(2,3)32-14-16-33(17-15-32)59-40(34-26-38-44(28-36(34)51)57(30-64-22-24-66(4,5)6)46(53-38)42-12-10-20-55(42)48(60)61)18-19-41(59)35-27-39-45(29-37(35)52)58(31-65-23-25-67(7,8)9)47(54-39)43-13-11-21-56(43)49(62)63/h14-17,26-29,40-43H,10-13,18-25,30-31H2,1-9H3,(H,60,61)(H,62,63)/t40-,41-,42+,43+/m1/s1. The fraction of sp³-hybridized carbons (Fsp3) is 0.560. The van der Waals surface area contributed by atoms with E-state index in [1.54, 1.807) is 12.1 Å². The van der Waals surface area contributed by atoms with E-state index in [4.69, 9.17) is 19.4 Å². The summed E-state index contributed by atoms with van der Waals surface area (Å²) < 4.78 is 50.4. The zero-order chi connectivity index (χ0) is 48.2. The molecule has 2 aromatic heterocycles. The minimum absolute atomic E-state index is 0.119. The molecule has 0 unspecified atom stereocenters. The lowest BCUT2D eigenvalue weighted by Gasteiger charge is -2.34. The zero-order valence-corrected chi connectivity index (χ0v) is 42.7. The number of amides is 2. The van der Waals surface area contributed by atoms with E-state index in [-0.39, 0.29) is 18.9 Å². The van der Waals surface area contributed by atoms with E-state index in [2.05, 4.69) is 77.1 Å². The van der Waals surface area contributed by atoms with Crippen molar-refractivity contribution in [2.75, 3.05) is 31.2 Å². The van der Waals surface area contributed by atoms with Crippen molar-refractivity contribution in [1.82, 2.24) is 28.9 Å². The van der Waals surface area contributed by atoms with Gasteiger partial charge in [-0.05, 0) is 85.9 Å². The van der Waals surface area contributed by atoms with Crippen LogP contribution < -0.4 is 4.90 Å². The van der Waals surface area contributed by atoms with Crippen molar-refractivity contribution in [1.29, 1.82) is 0 Å². The molecule has 3 aromatic carbocycles. The number of carbonyl (C=O) groups is 2. The molecule has 13 nitrogen and oxygen atoms in total. The van der Waals surface area contributed by atoms with Gasteiger partial charge in [0.25, 0.3) is 0 Å². The Morgan fingerprint density at radius 2 is 1.07 bits per heavy atom. The van der Waals surface area contributed by atoms with Crippen LogP contribution in [0.1, 0.15) is 112 Å². The summed E-state index contributed by atoms with van der Waals surface area (Å²) in [6.45, 7) is 22.2. The van der Waals surface area contributed by atoms with Crippen LogP contribution in [0.2, 0.25) is 51.4 Å². The van der Waals surface area contributed by atoms with Crippen LogP contribution in [0.4, 0.5) is 24.1 Å². The van der Waals surface area contributed by atoms with E-state index in [1.807, 2.05) is 21.3 Å². The lowest BCUT2D eigenvalue weighted by atomic mass is 9.87. The van der Waals surface area contributed by atoms with Gasteiger partial charge in [0, 0.05) is 71.4 Å². The molecule has 0 aliphatic carbocycles. The number of nitrogens with zero attached hydrogens (tertiary/aromatic N) is 7. The van der Waals surface area contributed by atoms with Crippen LogP contribution >= 0.6 is 0 Å². The number of imidazole rings is 2. The molecule has 4 atom stereocenters. The maximum absolute atomic E-state index is 17.1. The summed E-state index contributed by atoms with van der Waals surface area (Å²) in [5.41, 5.74) is 4.83. The fourth-order valence-electron chi connectivity index (χ4n) is 10.2. The number of hydrogen-bond donors (Lipinski definition) is 2. The molecule has 2 amide bonds. The number of carboxylic acid groups (broad SMARTS) is 2. The number of ether oxygens (including phenoxy) is 2. The molecule has 0 spiro atoms. The van der Waals surface area contributed by atoms with Gasteiger partial charge in [-0.25, -0.2) is 28.3 Å². The SMILES string of the molecule is CC(C)(C)c1ccc(N2[C@@H](c3cc4nc([C@@H]5CCCN5C(=O)O)n(COCC[Si](C)(C)C)c4cc3F)CC[C@@H]2c2cc3nc([C@@H]4CCCN4C(=O)O)n(COCC[Si](C)(C)C)c3cc2F)cc1. The van der Waals surface area contributed by atoms with Crippen LogP contribution in [0.3, 0.4) is 0 Å². The minimum Gasteiger partial charge on any atom is -0.465 e. The van der Waals surface area contributed by atoms with Crippen molar-refractivity contribution in [2.24, 2.45) is 0 Å². The Morgan fingerprint density at radius 1 is 0.657 bits per heavy atom. The Morgan fingerprint density at radius 3 is 1.45 bits per heavy atom. The number of halogens is 2. The first-order valence-electron chi connectivity index (χ1n) is 24.0. The maximum atomic E-state index is 17.1. The topological polar surface area (TPSA) is 138 Å². The molecule has 3 fully saturated rings. The summed E-state index contributed by atoms with van der Waals surface area (Å²) >= 11 is 0. The van der Waals surface area contributed by atoms with E-state index in [0.29, 0.717) is 110 Å². The van der Waals surface area contributed by atoms with Crippen molar-refractivity contribution in [3.8, 4) is 0 Å². The smallest absolute Gasteiger partial charge is 0.407 e. The Bertz CT molecular complexity index is 2470. The quantitative estimate of drug-likeness (QED) is 0.0775. The van der Waals surface area contributed by atoms with E-state index < -0.39 is 64.1 Å². The zero-order valence-electron chi connectivity index (χ0n) is 40.7. The number of hydrogen-bond acceptors (Lipinski definition) is 7. The second kappa shape index (κ2) is 18.9. The molecule has 362 valence electrons. The number of benzene rings is 3. The lowest BCUT2D eigenvalue weighted by Crippen LogP contribution is -2.30. The molecule has 0 saturated carbocycles. The average Bonchev–Trinajstić information content (AvgIpc) is 4.09. The fourth-order valence-corrected chi connectivity index (χ4v) is 11.7. The highest BCUT2D eigenvalue weighted by Gasteiger charge is 2.41. The number of rotatable bonds is 15. The van der Waals surface area contributed by atoms with Gasteiger partial charge in [0.15, 0.2) is 0 Å². The third kappa shape index (κ3) is 10.3. The Hall–Kier alpha value is -4.85. The summed E-state index contributed by atoms with van der Waals surface area (Å²) in [5.74, 6) is 0.216. The van der Waals surface area contributed by atoms with Gasteiger partial charge in [-0.1, -0.05) is 72.2 Å². The Kier molecular flexibility index (Phi) is 13.7. The molecular formula is C50H69F2N7O6Si2. The lowest BCUT2D eigenvalue weighted by molar-refractivity contribution is 0.0832. The van der Waals surface area contributed by atoms with E-state index in [1.165, 1.54) is 21.9 Å². The Balaban J connectivity index is 1.21. The first-order valence-corrected chi connectivity index (χ1v) is 31.4. The van der Waals surface area contributed by atoms with Gasteiger partial charge in [0.2, 0.25) is 0 Å². The number of fused-ring (bicyclic) bond motifs is 2. The van der Waals surface area contributed by atoms with Gasteiger partial charge in [-0.2, -0.15) is 0 Å². The summed E-state index contributed by atoms with van der Waals surface area (Å²) in [4.78, 5) is 39.9. The van der Waals surface area contributed by atoms with Crippen molar-refractivity contribution in [2.45, 2.75) is 154 Å². The maximum Gasteiger partial charge on any atom is 0.407 e. The van der Waals surface area contributed by atoms with Crippen molar-refractivity contribution in [3.63, 3.8) is 0 Å². The minimum atomic E-state index is -1.40. The first kappa shape index (κ1) is 48.6. The second-order valence-corrected chi connectivity index (χ2v) is 33.5. The van der Waals surface area contributed by atoms with Crippen molar-refractivity contribution in [3.05, 3.63) is 88.5 Å². The summed E-state index contributed by atoms with van der Waals surface area (Å²) in [5, 5.41) is 20.3. The van der Waals surface area contributed by atoms with Crippen LogP contribution in [0.15, 0.2) is 48.5 Å². The van der Waals surface area contributed by atoms with Gasteiger partial charge in [0.1, 0.15) is 36.7 Å². The van der Waals surface area contributed by atoms with Crippen molar-refractivity contribution < 1.29 is 38.1 Å². The molecule has 0 radical (unpaired) electrons. The predicted octanol–water partition coefficient (Wildman–Crippen LogP) is 12.3. The first-order chi connectivity index (χ1) is 31.6. The number of aromatic nitrogens is 4. The molecule has 2 N–H and O–H groups in total. The third-order valence-corrected chi connectivity index (χ3v) is 17.4. The van der Waals surface area contributed by atoms with Crippen LogP contribution in [0, 0.1) is 11.6 Å². The molecule has 0 bridgehead atoms. The molecule has 17 heteroatoms. The van der Waals surface area contributed by atoms with Gasteiger partial charge in [0.05, 0.1) is 46.2 Å². The number of anilines is 1. The van der Waals surface area contributed by atoms with Gasteiger partial charge in [-0.3, -0.25) is 9.80 Å². The third-order valence-electron chi connectivity index (χ3n) is 14.0. The average molecular weight is 958 g/mol. The van der Waals surface area contributed by atoms with Gasteiger partial charge in [-0.15, -0.1) is 0 Å². The molecular weight excluding hydrogens is 889 g/mol. The molecule has 3 aliphatic heterocycles. The molecule has 5 heterocycles. The predicted molar refractivity (Wildman–Crippen MR) is 263 cm³/mol. The van der Waals surface area contributed by atoms with Crippen LogP contribution in [-0.2, 0) is 28.4 Å². The highest BCUT2D eigenvalue weighted by molar-refractivity contribution is 6.76. The van der Waals surface area contributed by atoms with Gasteiger partial charge < -0.3 is 33.7 Å².